The summed E-state index contributed by atoms with van der Waals surface area (Å²) in [7, 11) is -4.03. The molecule has 0 saturated carbocycles. The van der Waals surface area contributed by atoms with Crippen molar-refractivity contribution < 1.29 is 23.1 Å². The summed E-state index contributed by atoms with van der Waals surface area (Å²) < 4.78 is 24.5. The number of sulfone groups is 1. The molecule has 1 aromatic carbocycles. The first-order chi connectivity index (χ1) is 8.82. The molecular formula is C12H15NO5S. The van der Waals surface area contributed by atoms with E-state index in [4.69, 9.17) is 5.11 Å². The third kappa shape index (κ3) is 3.11. The minimum Gasteiger partial charge on any atom is -0.478 e. The lowest BCUT2D eigenvalue weighted by molar-refractivity contribution is -0.120. The van der Waals surface area contributed by atoms with Crippen molar-refractivity contribution >= 4 is 21.7 Å². The van der Waals surface area contributed by atoms with Crippen LogP contribution >= 0.6 is 0 Å². The molecule has 19 heavy (non-hydrogen) atoms. The number of carbonyl (C=O) groups excluding carboxylic acids is 1. The highest BCUT2D eigenvalue weighted by atomic mass is 32.2. The summed E-state index contributed by atoms with van der Waals surface area (Å²) in [5.74, 6) is -2.00. The fraction of sp³-hybridized carbons (Fsp3) is 0.333. The van der Waals surface area contributed by atoms with Gasteiger partial charge in [0, 0.05) is 6.54 Å². The van der Waals surface area contributed by atoms with Gasteiger partial charge in [-0.1, -0.05) is 12.1 Å². The maximum absolute atomic E-state index is 12.2. The first kappa shape index (κ1) is 15.2. The molecule has 0 aliphatic heterocycles. The molecule has 1 amide bonds. The SMILES string of the molecule is CCNC(=O)C(C)S(=O)(=O)c1ccccc1C(=O)O. The predicted molar refractivity (Wildman–Crippen MR) is 68.7 cm³/mol. The molecule has 1 unspecified atom stereocenters. The fourth-order valence-electron chi connectivity index (χ4n) is 1.54. The van der Waals surface area contributed by atoms with Crippen LogP contribution in [-0.4, -0.2) is 37.2 Å². The highest BCUT2D eigenvalue weighted by molar-refractivity contribution is 7.92. The number of hydrogen-bond donors (Lipinski definition) is 2. The van der Waals surface area contributed by atoms with Crippen molar-refractivity contribution in [3.63, 3.8) is 0 Å². The quantitative estimate of drug-likeness (QED) is 0.828. The van der Waals surface area contributed by atoms with Crippen LogP contribution in [0.3, 0.4) is 0 Å². The van der Waals surface area contributed by atoms with Crippen molar-refractivity contribution in [2.75, 3.05) is 6.54 Å². The molecule has 0 fully saturated rings. The topological polar surface area (TPSA) is 101 Å². The summed E-state index contributed by atoms with van der Waals surface area (Å²) in [6, 6.07) is 5.23. The molecular weight excluding hydrogens is 270 g/mol. The Morgan fingerprint density at radius 1 is 1.32 bits per heavy atom. The highest BCUT2D eigenvalue weighted by Crippen LogP contribution is 2.20. The first-order valence-corrected chi connectivity index (χ1v) is 7.21. The highest BCUT2D eigenvalue weighted by Gasteiger charge is 2.32. The van der Waals surface area contributed by atoms with Gasteiger partial charge < -0.3 is 10.4 Å². The number of amides is 1. The van der Waals surface area contributed by atoms with E-state index in [2.05, 4.69) is 5.32 Å². The fourth-order valence-corrected chi connectivity index (χ4v) is 3.02. The Morgan fingerprint density at radius 2 is 1.89 bits per heavy atom. The maximum atomic E-state index is 12.2. The number of carboxylic acids is 1. The molecule has 0 aliphatic rings. The van der Waals surface area contributed by atoms with Crippen molar-refractivity contribution in [3.05, 3.63) is 29.8 Å². The van der Waals surface area contributed by atoms with Crippen LogP contribution in [0.4, 0.5) is 0 Å². The Kier molecular flexibility index (Phi) is 4.66. The van der Waals surface area contributed by atoms with Crippen LogP contribution in [0.25, 0.3) is 0 Å². The van der Waals surface area contributed by atoms with Gasteiger partial charge in [0.2, 0.25) is 5.91 Å². The van der Waals surface area contributed by atoms with Crippen LogP contribution in [0, 0.1) is 0 Å². The Morgan fingerprint density at radius 3 is 2.42 bits per heavy atom. The smallest absolute Gasteiger partial charge is 0.337 e. The van der Waals surface area contributed by atoms with Crippen molar-refractivity contribution in [3.8, 4) is 0 Å². The van der Waals surface area contributed by atoms with Gasteiger partial charge in [0.25, 0.3) is 0 Å². The van der Waals surface area contributed by atoms with E-state index < -0.39 is 27.0 Å². The third-order valence-electron chi connectivity index (χ3n) is 2.61. The van der Waals surface area contributed by atoms with E-state index in [0.717, 1.165) is 0 Å². The molecule has 0 heterocycles. The normalized spacial score (nSPS) is 12.7. The lowest BCUT2D eigenvalue weighted by Crippen LogP contribution is -2.38. The Bertz CT molecular complexity index is 594. The molecule has 2 N–H and O–H groups in total. The van der Waals surface area contributed by atoms with Gasteiger partial charge >= 0.3 is 5.97 Å². The van der Waals surface area contributed by atoms with E-state index in [1.807, 2.05) is 0 Å². The predicted octanol–water partition coefficient (Wildman–Crippen LogP) is 0.683. The van der Waals surface area contributed by atoms with E-state index in [1.165, 1.54) is 31.2 Å². The van der Waals surface area contributed by atoms with E-state index in [-0.39, 0.29) is 10.5 Å². The zero-order valence-corrected chi connectivity index (χ0v) is 11.4. The third-order valence-corrected chi connectivity index (χ3v) is 4.72. The number of rotatable bonds is 5. The van der Waals surface area contributed by atoms with Gasteiger partial charge in [-0.25, -0.2) is 13.2 Å². The minimum absolute atomic E-state index is 0.305. The molecule has 0 aromatic heterocycles. The van der Waals surface area contributed by atoms with Gasteiger partial charge in [0.05, 0.1) is 10.5 Å². The van der Waals surface area contributed by atoms with Gasteiger partial charge in [-0.2, -0.15) is 0 Å². The van der Waals surface area contributed by atoms with Crippen LogP contribution in [0.15, 0.2) is 29.2 Å². The standard InChI is InChI=1S/C12H15NO5S/c1-3-13-11(14)8(2)19(17,18)10-7-5-4-6-9(10)12(15)16/h4-8H,3H2,1-2H3,(H,13,14)(H,15,16). The van der Waals surface area contributed by atoms with Crippen LogP contribution in [-0.2, 0) is 14.6 Å². The first-order valence-electron chi connectivity index (χ1n) is 5.66. The lowest BCUT2D eigenvalue weighted by atomic mass is 10.2. The second-order valence-electron chi connectivity index (χ2n) is 3.88. The van der Waals surface area contributed by atoms with E-state index in [9.17, 15) is 18.0 Å². The number of aromatic carboxylic acids is 1. The number of benzene rings is 1. The summed E-state index contributed by atoms with van der Waals surface area (Å²) in [6.45, 7) is 3.21. The zero-order valence-electron chi connectivity index (χ0n) is 10.6. The second-order valence-corrected chi connectivity index (χ2v) is 6.12. The Labute approximate surface area is 111 Å². The number of nitrogens with one attached hydrogen (secondary N) is 1. The molecule has 0 spiro atoms. The van der Waals surface area contributed by atoms with Crippen molar-refractivity contribution in [1.82, 2.24) is 5.32 Å². The molecule has 1 aromatic rings. The summed E-state index contributed by atoms with van der Waals surface area (Å²) >= 11 is 0. The largest absolute Gasteiger partial charge is 0.478 e. The molecule has 0 aliphatic carbocycles. The van der Waals surface area contributed by atoms with E-state index in [0.29, 0.717) is 6.54 Å². The lowest BCUT2D eigenvalue weighted by Gasteiger charge is -2.14. The van der Waals surface area contributed by atoms with Gasteiger partial charge in [0.1, 0.15) is 5.25 Å². The minimum atomic E-state index is -4.03. The average molecular weight is 285 g/mol. The number of carbonyl (C=O) groups is 2. The summed E-state index contributed by atoms with van der Waals surface area (Å²) in [5, 5.41) is 10.1. The molecule has 0 saturated heterocycles. The van der Waals surface area contributed by atoms with Crippen molar-refractivity contribution in [1.29, 1.82) is 0 Å². The van der Waals surface area contributed by atoms with Crippen LogP contribution in [0.1, 0.15) is 24.2 Å². The molecule has 104 valence electrons. The number of carboxylic acid groups (broad SMARTS) is 1. The molecule has 1 rings (SSSR count). The van der Waals surface area contributed by atoms with Gasteiger partial charge in [-0.05, 0) is 26.0 Å². The molecule has 7 heteroatoms. The summed E-state index contributed by atoms with van der Waals surface area (Å²) in [6.07, 6.45) is 0. The molecule has 0 bridgehead atoms. The Hall–Kier alpha value is -1.89. The van der Waals surface area contributed by atoms with Crippen LogP contribution in [0.2, 0.25) is 0 Å². The number of hydrogen-bond acceptors (Lipinski definition) is 4. The van der Waals surface area contributed by atoms with Crippen LogP contribution < -0.4 is 5.32 Å². The van der Waals surface area contributed by atoms with E-state index in [1.54, 1.807) is 6.92 Å². The Balaban J connectivity index is 3.28. The van der Waals surface area contributed by atoms with Crippen molar-refractivity contribution in [2.45, 2.75) is 24.0 Å². The van der Waals surface area contributed by atoms with Crippen molar-refractivity contribution in [2.24, 2.45) is 0 Å². The molecule has 1 atom stereocenters. The maximum Gasteiger partial charge on any atom is 0.337 e. The van der Waals surface area contributed by atoms with E-state index >= 15 is 0 Å². The molecule has 0 radical (unpaired) electrons. The molecule has 6 nitrogen and oxygen atoms in total. The second kappa shape index (κ2) is 5.83. The van der Waals surface area contributed by atoms with Gasteiger partial charge in [0.15, 0.2) is 9.84 Å². The monoisotopic (exact) mass is 285 g/mol. The van der Waals surface area contributed by atoms with Gasteiger partial charge in [-0.15, -0.1) is 0 Å². The van der Waals surface area contributed by atoms with Gasteiger partial charge in [-0.3, -0.25) is 4.79 Å². The summed E-state index contributed by atoms with van der Waals surface area (Å²) in [4.78, 5) is 22.3. The average Bonchev–Trinajstić information content (AvgIpc) is 2.38. The summed E-state index contributed by atoms with van der Waals surface area (Å²) in [5.41, 5.74) is -0.335. The zero-order chi connectivity index (χ0) is 14.6. The van der Waals surface area contributed by atoms with Crippen LogP contribution in [0.5, 0.6) is 0 Å².